The topological polar surface area (TPSA) is 134 Å². The molecule has 2 aromatic heterocycles. The van der Waals surface area contributed by atoms with Crippen molar-refractivity contribution < 1.29 is 24.1 Å². The van der Waals surface area contributed by atoms with E-state index in [1.165, 1.54) is 0 Å². The molecule has 0 saturated carbocycles. The molecule has 0 radical (unpaired) electrons. The van der Waals surface area contributed by atoms with Crippen molar-refractivity contribution in [2.24, 2.45) is 0 Å². The van der Waals surface area contributed by atoms with Gasteiger partial charge in [-0.25, -0.2) is 9.78 Å². The summed E-state index contributed by atoms with van der Waals surface area (Å²) in [6.07, 6.45) is 2.06. The van der Waals surface area contributed by atoms with Crippen LogP contribution in [0.4, 0.5) is 22.7 Å². The number of aryl methyl sites for hydroxylation is 1. The second kappa shape index (κ2) is 12.3. The first-order valence-electron chi connectivity index (χ1n) is 12.5. The van der Waals surface area contributed by atoms with Gasteiger partial charge < -0.3 is 34.4 Å². The van der Waals surface area contributed by atoms with Gasteiger partial charge in [-0.05, 0) is 51.6 Å². The van der Waals surface area contributed by atoms with Gasteiger partial charge in [-0.3, -0.25) is 5.32 Å². The monoisotopic (exact) mass is 557 g/mol. The van der Waals surface area contributed by atoms with Gasteiger partial charge in [-0.15, -0.1) is 0 Å². The van der Waals surface area contributed by atoms with E-state index in [0.29, 0.717) is 52.4 Å². The zero-order valence-electron chi connectivity index (χ0n) is 23.1. The second-order valence-corrected chi connectivity index (χ2v) is 10.4. The number of aromatic carboxylic acids is 1. The average molecular weight is 558 g/mol. The molecule has 0 spiro atoms. The maximum atomic E-state index is 11.5. The van der Waals surface area contributed by atoms with E-state index in [1.54, 1.807) is 28.3 Å². The van der Waals surface area contributed by atoms with Crippen LogP contribution in [0, 0.1) is 6.92 Å². The molecule has 210 valence electrons. The van der Waals surface area contributed by atoms with E-state index in [0.717, 1.165) is 48.6 Å². The van der Waals surface area contributed by atoms with E-state index >= 15 is 0 Å². The third kappa shape index (κ3) is 6.60. The summed E-state index contributed by atoms with van der Waals surface area (Å²) in [7, 11) is 8.95. The second-order valence-electron chi connectivity index (χ2n) is 9.37. The summed E-state index contributed by atoms with van der Waals surface area (Å²) < 4.78 is 16.4. The lowest BCUT2D eigenvalue weighted by Gasteiger charge is -2.36. The first-order valence-corrected chi connectivity index (χ1v) is 13.3. The highest BCUT2D eigenvalue weighted by Gasteiger charge is 2.23. The molecule has 1 aliphatic heterocycles. The molecule has 3 N–H and O–H groups in total. The molecular formula is C26H35N7O5S. The first-order chi connectivity index (χ1) is 18.7. The van der Waals surface area contributed by atoms with Gasteiger partial charge in [0.05, 0.1) is 27.0 Å². The van der Waals surface area contributed by atoms with E-state index < -0.39 is 5.97 Å². The van der Waals surface area contributed by atoms with Gasteiger partial charge in [-0.1, -0.05) is 11.3 Å². The number of benzene rings is 1. The number of hydrogen-bond donors (Lipinski definition) is 3. The number of thiazole rings is 1. The minimum absolute atomic E-state index is 0.181. The minimum Gasteiger partial charge on any atom is -0.493 e. The smallest absolute Gasteiger partial charge is 0.347 e. The van der Waals surface area contributed by atoms with Crippen molar-refractivity contribution in [3.05, 3.63) is 34.3 Å². The molecule has 1 aliphatic rings. The SMILES string of the molecule is COc1cc(CNc2cc(N3CCC(N(C)C)CC3)nc(Nc3nc(C)c(C(=O)O)s3)n2)cc(OC)c1OC. The van der Waals surface area contributed by atoms with Crippen molar-refractivity contribution in [3.63, 3.8) is 0 Å². The normalized spacial score (nSPS) is 13.9. The summed E-state index contributed by atoms with van der Waals surface area (Å²) in [5.41, 5.74) is 1.35. The van der Waals surface area contributed by atoms with Gasteiger partial charge >= 0.3 is 5.97 Å². The van der Waals surface area contributed by atoms with Gasteiger partial charge in [0.1, 0.15) is 16.5 Å². The maximum Gasteiger partial charge on any atom is 0.347 e. The highest BCUT2D eigenvalue weighted by atomic mass is 32.1. The summed E-state index contributed by atoms with van der Waals surface area (Å²) in [5.74, 6) is 2.37. The number of hydrogen-bond acceptors (Lipinski definition) is 12. The fraction of sp³-hybridized carbons (Fsp3) is 0.462. The number of nitrogens with one attached hydrogen (secondary N) is 2. The average Bonchev–Trinajstić information content (AvgIpc) is 3.30. The highest BCUT2D eigenvalue weighted by Crippen LogP contribution is 2.38. The third-order valence-corrected chi connectivity index (χ3v) is 7.70. The Morgan fingerprint density at radius 3 is 2.28 bits per heavy atom. The van der Waals surface area contributed by atoms with Crippen LogP contribution in [0.15, 0.2) is 18.2 Å². The van der Waals surface area contributed by atoms with Crippen LogP contribution in [0.1, 0.15) is 33.8 Å². The molecule has 1 saturated heterocycles. The molecule has 39 heavy (non-hydrogen) atoms. The number of methoxy groups -OCH3 is 3. The molecule has 1 aromatic carbocycles. The van der Waals surface area contributed by atoms with Crippen LogP contribution in [-0.2, 0) is 6.54 Å². The summed E-state index contributed by atoms with van der Waals surface area (Å²) in [6, 6.07) is 6.22. The first kappa shape index (κ1) is 28.2. The molecule has 0 aliphatic carbocycles. The van der Waals surface area contributed by atoms with E-state index in [2.05, 4.69) is 44.5 Å². The van der Waals surface area contributed by atoms with Crippen LogP contribution in [-0.4, -0.2) is 85.5 Å². The van der Waals surface area contributed by atoms with Gasteiger partial charge in [-0.2, -0.15) is 9.97 Å². The molecule has 0 amide bonds. The Morgan fingerprint density at radius 1 is 1.08 bits per heavy atom. The zero-order chi connectivity index (χ0) is 28.1. The molecule has 0 atom stereocenters. The molecular weight excluding hydrogens is 522 g/mol. The van der Waals surface area contributed by atoms with Crippen molar-refractivity contribution in [2.75, 3.05) is 64.0 Å². The fourth-order valence-corrected chi connectivity index (χ4v) is 5.33. The summed E-state index contributed by atoms with van der Waals surface area (Å²) >= 11 is 1.05. The van der Waals surface area contributed by atoms with Crippen LogP contribution in [0.2, 0.25) is 0 Å². The Hall–Kier alpha value is -3.84. The Labute approximate surface area is 231 Å². The van der Waals surface area contributed by atoms with Crippen molar-refractivity contribution in [3.8, 4) is 17.2 Å². The molecule has 13 heteroatoms. The molecule has 4 rings (SSSR count). The van der Waals surface area contributed by atoms with Crippen LogP contribution in [0.25, 0.3) is 0 Å². The van der Waals surface area contributed by atoms with E-state index in [1.807, 2.05) is 18.2 Å². The molecule has 3 aromatic rings. The summed E-state index contributed by atoms with van der Waals surface area (Å²) in [4.78, 5) is 29.9. The number of anilines is 4. The van der Waals surface area contributed by atoms with Crippen LogP contribution < -0.4 is 29.7 Å². The Morgan fingerprint density at radius 2 is 1.74 bits per heavy atom. The number of rotatable bonds is 11. The summed E-state index contributed by atoms with van der Waals surface area (Å²) in [6.45, 7) is 3.84. The number of carboxylic acids is 1. The van der Waals surface area contributed by atoms with Crippen LogP contribution in [0.3, 0.4) is 0 Å². The predicted molar refractivity (Wildman–Crippen MR) is 151 cm³/mol. The molecule has 3 heterocycles. The lowest BCUT2D eigenvalue weighted by atomic mass is 10.0. The predicted octanol–water partition coefficient (Wildman–Crippen LogP) is 3.85. The van der Waals surface area contributed by atoms with Gasteiger partial charge in [0.25, 0.3) is 0 Å². The zero-order valence-corrected chi connectivity index (χ0v) is 23.9. The lowest BCUT2D eigenvalue weighted by molar-refractivity contribution is 0.0701. The number of nitrogens with zero attached hydrogens (tertiary/aromatic N) is 5. The lowest BCUT2D eigenvalue weighted by Crippen LogP contribution is -2.42. The number of aromatic nitrogens is 3. The highest BCUT2D eigenvalue weighted by molar-refractivity contribution is 7.17. The minimum atomic E-state index is -1.01. The maximum absolute atomic E-state index is 11.5. The van der Waals surface area contributed by atoms with E-state index in [-0.39, 0.29) is 4.88 Å². The molecule has 0 unspecified atom stereocenters. The van der Waals surface area contributed by atoms with Gasteiger partial charge in [0.15, 0.2) is 16.6 Å². The fourth-order valence-electron chi connectivity index (χ4n) is 4.53. The number of piperidine rings is 1. The third-order valence-electron chi connectivity index (χ3n) is 6.64. The number of ether oxygens (including phenoxy) is 3. The van der Waals surface area contributed by atoms with Crippen LogP contribution >= 0.6 is 11.3 Å². The standard InChI is InChI=1S/C26H35N7O5S/c1-15-23(24(34)35)39-26(28-15)31-25-29-20(13-21(30-25)33-9-7-17(8-10-33)32(2)3)27-14-16-11-18(36-4)22(38-6)19(12-16)37-5/h11-13,17H,7-10,14H2,1-6H3,(H,34,35)(H2,27,28,29,30,31). The molecule has 1 fully saturated rings. The Bertz CT molecular complexity index is 1280. The molecule has 0 bridgehead atoms. The van der Waals surface area contributed by atoms with E-state index in [9.17, 15) is 9.90 Å². The van der Waals surface area contributed by atoms with Crippen LogP contribution in [0.5, 0.6) is 17.2 Å². The van der Waals surface area contributed by atoms with Gasteiger partial charge in [0.2, 0.25) is 11.7 Å². The Balaban J connectivity index is 1.61. The Kier molecular flexibility index (Phi) is 8.92. The quantitative estimate of drug-likeness (QED) is 0.316. The van der Waals surface area contributed by atoms with Crippen molar-refractivity contribution >= 4 is 40.0 Å². The summed E-state index contributed by atoms with van der Waals surface area (Å²) in [5, 5.41) is 16.3. The number of carbonyl (C=O) groups is 1. The van der Waals surface area contributed by atoms with E-state index in [4.69, 9.17) is 19.2 Å². The molecule has 12 nitrogen and oxygen atoms in total. The number of carboxylic acid groups (broad SMARTS) is 1. The van der Waals surface area contributed by atoms with Crippen molar-refractivity contribution in [1.82, 2.24) is 19.9 Å². The van der Waals surface area contributed by atoms with Crippen molar-refractivity contribution in [2.45, 2.75) is 32.4 Å². The van der Waals surface area contributed by atoms with Gasteiger partial charge in [0, 0.05) is 31.7 Å². The largest absolute Gasteiger partial charge is 0.493 e. The van der Waals surface area contributed by atoms with Crippen molar-refractivity contribution in [1.29, 1.82) is 0 Å².